The molecule has 0 bridgehead atoms. The van der Waals surface area contributed by atoms with Crippen molar-refractivity contribution in [1.29, 1.82) is 0 Å². The highest BCUT2D eigenvalue weighted by Crippen LogP contribution is 2.22. The molecule has 0 heterocycles. The van der Waals surface area contributed by atoms with E-state index in [-0.39, 0.29) is 5.75 Å². The van der Waals surface area contributed by atoms with Crippen molar-refractivity contribution in [3.63, 3.8) is 0 Å². The number of rotatable bonds is 4. The zero-order chi connectivity index (χ0) is 11.3. The standard InChI is InChI=1S/C11H12O3S/c1-8(6-11(13)14)7-15-10-4-2-9(12)3-5-10/h2-6,12H,7H2,1H3,(H,13,14). The van der Waals surface area contributed by atoms with Gasteiger partial charge in [-0.2, -0.15) is 0 Å². The van der Waals surface area contributed by atoms with Crippen LogP contribution in [0.5, 0.6) is 5.75 Å². The van der Waals surface area contributed by atoms with E-state index in [4.69, 9.17) is 10.2 Å². The molecular weight excluding hydrogens is 212 g/mol. The van der Waals surface area contributed by atoms with Crippen LogP contribution in [0.4, 0.5) is 0 Å². The number of hydrogen-bond acceptors (Lipinski definition) is 3. The first-order valence-electron chi connectivity index (χ1n) is 4.40. The van der Waals surface area contributed by atoms with E-state index in [9.17, 15) is 4.79 Å². The summed E-state index contributed by atoms with van der Waals surface area (Å²) in [5.74, 6) is -0.0483. The summed E-state index contributed by atoms with van der Waals surface area (Å²) < 4.78 is 0. The summed E-state index contributed by atoms with van der Waals surface area (Å²) >= 11 is 1.54. The summed E-state index contributed by atoms with van der Waals surface area (Å²) in [6.45, 7) is 1.78. The average Bonchev–Trinajstić information content (AvgIpc) is 2.16. The number of phenols is 1. The Hall–Kier alpha value is -1.42. The summed E-state index contributed by atoms with van der Waals surface area (Å²) in [5, 5.41) is 17.6. The van der Waals surface area contributed by atoms with Gasteiger partial charge in [0.15, 0.2) is 0 Å². The van der Waals surface area contributed by atoms with Crippen molar-refractivity contribution in [2.45, 2.75) is 11.8 Å². The van der Waals surface area contributed by atoms with E-state index in [2.05, 4.69) is 0 Å². The summed E-state index contributed by atoms with van der Waals surface area (Å²) in [7, 11) is 0. The van der Waals surface area contributed by atoms with Crippen molar-refractivity contribution in [2.24, 2.45) is 0 Å². The Balaban J connectivity index is 2.50. The summed E-state index contributed by atoms with van der Waals surface area (Å²) in [5.41, 5.74) is 0.806. The maximum atomic E-state index is 10.3. The molecule has 0 aromatic heterocycles. The number of carbonyl (C=O) groups is 1. The number of benzene rings is 1. The van der Waals surface area contributed by atoms with Crippen LogP contribution in [0.1, 0.15) is 6.92 Å². The zero-order valence-electron chi connectivity index (χ0n) is 8.30. The van der Waals surface area contributed by atoms with Crippen molar-refractivity contribution in [3.05, 3.63) is 35.9 Å². The first-order valence-corrected chi connectivity index (χ1v) is 5.38. The third kappa shape index (κ3) is 4.56. The zero-order valence-corrected chi connectivity index (χ0v) is 9.12. The largest absolute Gasteiger partial charge is 0.508 e. The molecule has 0 aliphatic heterocycles. The van der Waals surface area contributed by atoms with Crippen molar-refractivity contribution >= 4 is 17.7 Å². The maximum Gasteiger partial charge on any atom is 0.328 e. The van der Waals surface area contributed by atoms with Crippen LogP contribution in [0.2, 0.25) is 0 Å². The molecule has 0 amide bonds. The molecule has 0 fully saturated rings. The molecule has 15 heavy (non-hydrogen) atoms. The van der Waals surface area contributed by atoms with Crippen molar-refractivity contribution < 1.29 is 15.0 Å². The fourth-order valence-electron chi connectivity index (χ4n) is 0.992. The van der Waals surface area contributed by atoms with Gasteiger partial charge >= 0.3 is 5.97 Å². The third-order valence-electron chi connectivity index (χ3n) is 1.67. The van der Waals surface area contributed by atoms with E-state index >= 15 is 0 Å². The SMILES string of the molecule is CC(=CC(=O)O)CSc1ccc(O)cc1. The summed E-state index contributed by atoms with van der Waals surface area (Å²) in [4.78, 5) is 11.4. The molecule has 0 saturated carbocycles. The third-order valence-corrected chi connectivity index (χ3v) is 2.88. The van der Waals surface area contributed by atoms with Gasteiger partial charge in [-0.1, -0.05) is 5.57 Å². The van der Waals surface area contributed by atoms with Crippen LogP contribution in [-0.2, 0) is 4.79 Å². The van der Waals surface area contributed by atoms with Crippen molar-refractivity contribution in [3.8, 4) is 5.75 Å². The van der Waals surface area contributed by atoms with Gasteiger partial charge in [0.05, 0.1) is 0 Å². The second kappa shape index (κ2) is 5.46. The van der Waals surface area contributed by atoms with Crippen LogP contribution in [0, 0.1) is 0 Å². The molecule has 80 valence electrons. The lowest BCUT2D eigenvalue weighted by molar-refractivity contribution is -0.131. The van der Waals surface area contributed by atoms with Crippen LogP contribution in [-0.4, -0.2) is 21.9 Å². The van der Waals surface area contributed by atoms with E-state index in [0.717, 1.165) is 10.5 Å². The highest BCUT2D eigenvalue weighted by atomic mass is 32.2. The monoisotopic (exact) mass is 224 g/mol. The van der Waals surface area contributed by atoms with E-state index in [1.807, 2.05) is 0 Å². The second-order valence-electron chi connectivity index (χ2n) is 3.11. The number of hydrogen-bond donors (Lipinski definition) is 2. The fourth-order valence-corrected chi connectivity index (χ4v) is 1.80. The van der Waals surface area contributed by atoms with Crippen molar-refractivity contribution in [1.82, 2.24) is 0 Å². The molecule has 0 aliphatic carbocycles. The van der Waals surface area contributed by atoms with E-state index in [1.54, 1.807) is 31.2 Å². The van der Waals surface area contributed by atoms with Gasteiger partial charge in [-0.05, 0) is 31.2 Å². The molecule has 0 radical (unpaired) electrons. The minimum atomic E-state index is -0.918. The van der Waals surface area contributed by atoms with Gasteiger partial charge in [-0.15, -0.1) is 11.8 Å². The lowest BCUT2D eigenvalue weighted by atomic mass is 10.3. The van der Waals surface area contributed by atoms with Crippen LogP contribution in [0.15, 0.2) is 40.8 Å². The minimum Gasteiger partial charge on any atom is -0.508 e. The first-order chi connectivity index (χ1) is 7.08. The molecule has 3 nitrogen and oxygen atoms in total. The Labute approximate surface area is 92.4 Å². The van der Waals surface area contributed by atoms with Gasteiger partial charge in [0, 0.05) is 16.7 Å². The molecule has 0 saturated heterocycles. The molecule has 0 unspecified atom stereocenters. The first kappa shape index (κ1) is 11.7. The fraction of sp³-hybridized carbons (Fsp3) is 0.182. The molecule has 2 N–H and O–H groups in total. The molecule has 1 aromatic rings. The Morgan fingerprint density at radius 2 is 2.00 bits per heavy atom. The van der Waals surface area contributed by atoms with Gasteiger partial charge in [-0.3, -0.25) is 0 Å². The smallest absolute Gasteiger partial charge is 0.328 e. The van der Waals surface area contributed by atoms with E-state index in [0.29, 0.717) is 5.75 Å². The normalized spacial score (nSPS) is 11.4. The van der Waals surface area contributed by atoms with Crippen molar-refractivity contribution in [2.75, 3.05) is 5.75 Å². The number of phenolic OH excluding ortho intramolecular Hbond substituents is 1. The van der Waals surface area contributed by atoms with Gasteiger partial charge in [0.2, 0.25) is 0 Å². The maximum absolute atomic E-state index is 10.3. The minimum absolute atomic E-state index is 0.233. The lowest BCUT2D eigenvalue weighted by Gasteiger charge is -2.01. The molecule has 1 aromatic carbocycles. The Bertz CT molecular complexity index is 368. The predicted octanol–water partition coefficient (Wildman–Crippen LogP) is 2.52. The topological polar surface area (TPSA) is 57.5 Å². The predicted molar refractivity (Wildman–Crippen MR) is 60.2 cm³/mol. The number of carboxylic acid groups (broad SMARTS) is 1. The van der Waals surface area contributed by atoms with E-state index < -0.39 is 5.97 Å². The molecule has 4 heteroatoms. The molecule has 0 atom stereocenters. The number of carboxylic acids is 1. The summed E-state index contributed by atoms with van der Waals surface area (Å²) in [6, 6.07) is 6.82. The van der Waals surface area contributed by atoms with Gasteiger partial charge in [-0.25, -0.2) is 4.79 Å². The quantitative estimate of drug-likeness (QED) is 0.609. The lowest BCUT2D eigenvalue weighted by Crippen LogP contribution is -1.91. The Kier molecular flexibility index (Phi) is 4.24. The highest BCUT2D eigenvalue weighted by Gasteiger charge is 1.97. The van der Waals surface area contributed by atoms with Crippen LogP contribution in [0.25, 0.3) is 0 Å². The molecule has 0 spiro atoms. The van der Waals surface area contributed by atoms with Gasteiger partial charge < -0.3 is 10.2 Å². The van der Waals surface area contributed by atoms with Crippen LogP contribution >= 0.6 is 11.8 Å². The number of thioether (sulfide) groups is 1. The highest BCUT2D eigenvalue weighted by molar-refractivity contribution is 7.99. The Morgan fingerprint density at radius 3 is 2.53 bits per heavy atom. The Morgan fingerprint density at radius 1 is 1.40 bits per heavy atom. The van der Waals surface area contributed by atoms with Crippen LogP contribution in [0.3, 0.4) is 0 Å². The number of aromatic hydroxyl groups is 1. The molecule has 1 rings (SSSR count). The second-order valence-corrected chi connectivity index (χ2v) is 4.16. The van der Waals surface area contributed by atoms with E-state index in [1.165, 1.54) is 17.8 Å². The van der Waals surface area contributed by atoms with Crippen LogP contribution < -0.4 is 0 Å². The van der Waals surface area contributed by atoms with Gasteiger partial charge in [0.1, 0.15) is 5.75 Å². The molecule has 0 aliphatic rings. The van der Waals surface area contributed by atoms with Gasteiger partial charge in [0.25, 0.3) is 0 Å². The summed E-state index contributed by atoms with van der Waals surface area (Å²) in [6.07, 6.45) is 1.20. The average molecular weight is 224 g/mol. The number of aliphatic carboxylic acids is 1. The molecular formula is C11H12O3S.